The Balaban J connectivity index is 1.57. The van der Waals surface area contributed by atoms with Crippen LogP contribution in [0.2, 0.25) is 0 Å². The molecule has 4 aromatic heterocycles. The number of carbonyl (C=O) groups is 1. The Morgan fingerprint density at radius 1 is 0.829 bits per heavy atom. The molecule has 0 bridgehead atoms. The average Bonchev–Trinajstić information content (AvgIpc) is 3.29. The highest BCUT2D eigenvalue weighted by molar-refractivity contribution is 6.07. The van der Waals surface area contributed by atoms with Gasteiger partial charge in [-0.05, 0) is 24.6 Å². The molecule has 0 saturated carbocycles. The fraction of sp³-hybridized carbons (Fsp3) is 0.0385. The molecule has 0 radical (unpaired) electrons. The first-order chi connectivity index (χ1) is 17.2. The minimum Gasteiger partial charge on any atom is -0.319 e. The number of rotatable bonds is 4. The van der Waals surface area contributed by atoms with Crippen LogP contribution in [0.1, 0.15) is 16.2 Å². The normalized spacial score (nSPS) is 11.1. The van der Waals surface area contributed by atoms with Gasteiger partial charge in [0.05, 0.1) is 23.0 Å². The maximum Gasteiger partial charge on any atom is 0.278 e. The number of amides is 1. The zero-order valence-corrected chi connectivity index (χ0v) is 18.6. The van der Waals surface area contributed by atoms with Crippen molar-refractivity contribution in [3.05, 3.63) is 96.6 Å². The van der Waals surface area contributed by atoms with E-state index >= 15 is 0 Å². The molecule has 0 aliphatic heterocycles. The van der Waals surface area contributed by atoms with Gasteiger partial charge in [0, 0.05) is 17.3 Å². The smallest absolute Gasteiger partial charge is 0.278 e. The van der Waals surface area contributed by atoms with Crippen molar-refractivity contribution < 1.29 is 4.79 Å². The van der Waals surface area contributed by atoms with Crippen molar-refractivity contribution in [1.29, 1.82) is 0 Å². The second kappa shape index (κ2) is 8.38. The van der Waals surface area contributed by atoms with E-state index in [1.54, 1.807) is 36.0 Å². The summed E-state index contributed by atoms with van der Waals surface area (Å²) in [4.78, 5) is 16.9. The molecule has 6 rings (SSSR count). The molecule has 4 heterocycles. The Hall–Kier alpha value is -5.05. The molecule has 9 nitrogen and oxygen atoms in total. The molecular weight excluding hydrogens is 440 g/mol. The molecule has 6 aromatic rings. The Morgan fingerprint density at radius 2 is 1.57 bits per heavy atom. The molecule has 35 heavy (non-hydrogen) atoms. The third-order valence-electron chi connectivity index (χ3n) is 5.72. The van der Waals surface area contributed by atoms with Crippen molar-refractivity contribution in [2.75, 3.05) is 5.32 Å². The fourth-order valence-electron chi connectivity index (χ4n) is 4.07. The predicted octanol–water partition coefficient (Wildman–Crippen LogP) is 4.36. The molecule has 0 fully saturated rings. The lowest BCUT2D eigenvalue weighted by Crippen LogP contribution is -2.18. The Kier molecular flexibility index (Phi) is 4.92. The number of aromatic nitrogens is 7. The third kappa shape index (κ3) is 3.55. The predicted molar refractivity (Wildman–Crippen MR) is 132 cm³/mol. The van der Waals surface area contributed by atoms with E-state index < -0.39 is 5.91 Å². The van der Waals surface area contributed by atoms with Gasteiger partial charge in [-0.25, -0.2) is 4.52 Å². The van der Waals surface area contributed by atoms with Crippen LogP contribution in [0.25, 0.3) is 39.1 Å². The van der Waals surface area contributed by atoms with Gasteiger partial charge in [0.25, 0.3) is 5.91 Å². The summed E-state index contributed by atoms with van der Waals surface area (Å²) in [5.74, 6) is -0.399. The first kappa shape index (κ1) is 20.5. The minimum atomic E-state index is -0.399. The summed E-state index contributed by atoms with van der Waals surface area (Å²) in [5, 5.41) is 25.8. The molecule has 0 aliphatic rings. The maximum atomic E-state index is 12.9. The number of nitrogens with zero attached hydrogens (tertiary/aromatic N) is 7. The van der Waals surface area contributed by atoms with Gasteiger partial charge in [-0.3, -0.25) is 9.78 Å². The van der Waals surface area contributed by atoms with Crippen molar-refractivity contribution in [3.8, 4) is 22.4 Å². The highest BCUT2D eigenvalue weighted by Crippen LogP contribution is 2.37. The molecular formula is C26H18N8O. The largest absolute Gasteiger partial charge is 0.319 e. The van der Waals surface area contributed by atoms with Gasteiger partial charge in [-0.1, -0.05) is 60.7 Å². The van der Waals surface area contributed by atoms with E-state index in [-0.39, 0.29) is 5.69 Å². The van der Waals surface area contributed by atoms with Gasteiger partial charge in [-0.15, -0.1) is 25.5 Å². The van der Waals surface area contributed by atoms with Gasteiger partial charge < -0.3 is 5.32 Å². The molecule has 0 spiro atoms. The van der Waals surface area contributed by atoms with Crippen LogP contribution in [0.15, 0.2) is 85.2 Å². The van der Waals surface area contributed by atoms with Crippen LogP contribution in [-0.4, -0.2) is 40.9 Å². The molecule has 168 valence electrons. The second-order valence-corrected chi connectivity index (χ2v) is 7.92. The Bertz CT molecular complexity index is 1680. The maximum absolute atomic E-state index is 12.9. The van der Waals surface area contributed by atoms with Crippen LogP contribution >= 0.6 is 0 Å². The van der Waals surface area contributed by atoms with Gasteiger partial charge >= 0.3 is 0 Å². The van der Waals surface area contributed by atoms with Crippen LogP contribution in [0.3, 0.4) is 0 Å². The minimum absolute atomic E-state index is 0.159. The number of hydrogen-bond acceptors (Lipinski definition) is 7. The molecule has 0 atom stereocenters. The SMILES string of the molecule is Cc1c(C(=O)Nc2cccnc2)nnc2c3c(-c4ccccc4)c(-c4ccccc4)nnc3nn12. The number of carbonyl (C=O) groups excluding carboxylic acids is 1. The van der Waals surface area contributed by atoms with Gasteiger partial charge in [0.15, 0.2) is 11.3 Å². The number of nitrogens with one attached hydrogen (secondary N) is 1. The van der Waals surface area contributed by atoms with E-state index in [1.807, 2.05) is 60.7 Å². The zero-order valence-electron chi connectivity index (χ0n) is 18.6. The van der Waals surface area contributed by atoms with E-state index in [4.69, 9.17) is 0 Å². The fourth-order valence-corrected chi connectivity index (χ4v) is 4.07. The first-order valence-corrected chi connectivity index (χ1v) is 11.0. The number of aryl methyl sites for hydroxylation is 1. The van der Waals surface area contributed by atoms with Gasteiger partial charge in [-0.2, -0.15) is 0 Å². The molecule has 1 N–H and O–H groups in total. The highest BCUT2D eigenvalue weighted by atomic mass is 16.2. The summed E-state index contributed by atoms with van der Waals surface area (Å²) in [6.45, 7) is 1.78. The monoisotopic (exact) mass is 458 g/mol. The number of anilines is 1. The van der Waals surface area contributed by atoms with E-state index in [2.05, 4.69) is 35.8 Å². The van der Waals surface area contributed by atoms with Crippen molar-refractivity contribution >= 4 is 28.3 Å². The molecule has 9 heteroatoms. The number of pyridine rings is 1. The van der Waals surface area contributed by atoms with Crippen molar-refractivity contribution in [2.24, 2.45) is 0 Å². The highest BCUT2D eigenvalue weighted by Gasteiger charge is 2.23. The van der Waals surface area contributed by atoms with Crippen LogP contribution in [0, 0.1) is 6.92 Å². The number of benzene rings is 2. The van der Waals surface area contributed by atoms with Gasteiger partial charge in [0.2, 0.25) is 5.65 Å². The lowest BCUT2D eigenvalue weighted by atomic mass is 9.97. The summed E-state index contributed by atoms with van der Waals surface area (Å²) in [7, 11) is 0. The number of fused-ring (bicyclic) bond motifs is 3. The summed E-state index contributed by atoms with van der Waals surface area (Å²) in [6, 6.07) is 23.3. The molecule has 2 aromatic carbocycles. The van der Waals surface area contributed by atoms with Crippen molar-refractivity contribution in [3.63, 3.8) is 0 Å². The molecule has 0 unspecified atom stereocenters. The lowest BCUT2D eigenvalue weighted by molar-refractivity contribution is 0.102. The van der Waals surface area contributed by atoms with Gasteiger partial charge in [0.1, 0.15) is 5.69 Å². The van der Waals surface area contributed by atoms with E-state index in [0.29, 0.717) is 22.7 Å². The van der Waals surface area contributed by atoms with E-state index in [0.717, 1.165) is 27.8 Å². The van der Waals surface area contributed by atoms with E-state index in [1.165, 1.54) is 0 Å². The van der Waals surface area contributed by atoms with Crippen LogP contribution < -0.4 is 5.32 Å². The topological polar surface area (TPSA) is 111 Å². The standard InChI is InChI=1S/C26H18N8O/c1-16-22(26(35)28-19-13-8-14-27-15-19)29-32-25-21-20(17-9-4-2-5-10-17)23(18-11-6-3-7-12-18)30-31-24(21)33-34(16)25/h2-15H,1H3,(H,28,35). The Morgan fingerprint density at radius 3 is 2.29 bits per heavy atom. The quantitative estimate of drug-likeness (QED) is 0.418. The molecule has 0 saturated heterocycles. The van der Waals surface area contributed by atoms with Crippen LogP contribution in [-0.2, 0) is 0 Å². The van der Waals surface area contributed by atoms with Crippen LogP contribution in [0.5, 0.6) is 0 Å². The Labute approximate surface area is 199 Å². The first-order valence-electron chi connectivity index (χ1n) is 11.0. The summed E-state index contributed by atoms with van der Waals surface area (Å²) < 4.78 is 1.60. The van der Waals surface area contributed by atoms with Crippen molar-refractivity contribution in [2.45, 2.75) is 6.92 Å². The number of hydrogen-bond donors (Lipinski definition) is 1. The summed E-state index contributed by atoms with van der Waals surface area (Å²) in [6.07, 6.45) is 3.20. The third-order valence-corrected chi connectivity index (χ3v) is 5.72. The summed E-state index contributed by atoms with van der Waals surface area (Å²) in [5.41, 5.74) is 5.65. The second-order valence-electron chi connectivity index (χ2n) is 7.92. The lowest BCUT2D eigenvalue weighted by Gasteiger charge is -2.10. The van der Waals surface area contributed by atoms with Crippen LogP contribution in [0.4, 0.5) is 5.69 Å². The summed E-state index contributed by atoms with van der Waals surface area (Å²) >= 11 is 0. The average molecular weight is 458 g/mol. The van der Waals surface area contributed by atoms with E-state index in [9.17, 15) is 4.79 Å². The molecule has 1 amide bonds. The van der Waals surface area contributed by atoms with Crippen molar-refractivity contribution in [1.82, 2.24) is 35.0 Å². The molecule has 0 aliphatic carbocycles. The zero-order chi connectivity index (χ0) is 23.8.